The highest BCUT2D eigenvalue weighted by Gasteiger charge is 2.66. The van der Waals surface area contributed by atoms with Crippen LogP contribution in [0.15, 0.2) is 12.7 Å². The fraction of sp³-hybridized carbons (Fsp3) is 0.667. The zero-order valence-corrected chi connectivity index (χ0v) is 15.8. The number of hydrogen-bond donors (Lipinski definition) is 2. The van der Waals surface area contributed by atoms with E-state index >= 15 is 0 Å². The molecule has 2 aromatic rings. The van der Waals surface area contributed by atoms with Gasteiger partial charge in [-0.2, -0.15) is 0 Å². The molecule has 0 saturated carbocycles. The lowest BCUT2D eigenvalue weighted by atomic mass is 9.98. The standard InChI is InChI=1S/C15H19N6O6P/c16-12-9-13(18-7-17-12)21(8-19-9)14-10-11(27-28(22)23)15(26-14,6-25-10)5-20-1-3-24-4-2-20/h7-8,10-11,14H,1-6H2,(H2-,16,17,18,22,23)/p+1/t10?,11?,14-,15+/m1/s1. The Kier molecular flexibility index (Phi) is 4.51. The molecule has 2 bridgehead atoms. The van der Waals surface area contributed by atoms with Crippen LogP contribution in [0, 0.1) is 0 Å². The van der Waals surface area contributed by atoms with Crippen LogP contribution in [-0.2, 0) is 23.3 Å². The van der Waals surface area contributed by atoms with E-state index in [1.807, 2.05) is 0 Å². The summed E-state index contributed by atoms with van der Waals surface area (Å²) < 4.78 is 36.3. The molecule has 3 aliphatic rings. The first kappa shape index (κ1) is 18.3. The fourth-order valence-electron chi connectivity index (χ4n) is 4.18. The topological polar surface area (TPSA) is 147 Å². The van der Waals surface area contributed by atoms with E-state index in [9.17, 15) is 9.46 Å². The number of nitrogen functional groups attached to an aromatic ring is 1. The van der Waals surface area contributed by atoms with Crippen LogP contribution >= 0.6 is 8.25 Å². The van der Waals surface area contributed by atoms with Crippen LogP contribution in [0.25, 0.3) is 11.2 Å². The Morgan fingerprint density at radius 3 is 2.96 bits per heavy atom. The molecule has 0 radical (unpaired) electrons. The zero-order valence-electron chi connectivity index (χ0n) is 14.9. The van der Waals surface area contributed by atoms with Crippen molar-refractivity contribution in [2.24, 2.45) is 0 Å². The van der Waals surface area contributed by atoms with Crippen molar-refractivity contribution in [3.8, 4) is 0 Å². The number of morpholine rings is 1. The van der Waals surface area contributed by atoms with Gasteiger partial charge >= 0.3 is 8.25 Å². The smallest absolute Gasteiger partial charge is 0.382 e. The molecule has 13 heteroatoms. The maximum absolute atomic E-state index is 11.5. The fourth-order valence-corrected chi connectivity index (χ4v) is 4.69. The Morgan fingerprint density at radius 2 is 2.18 bits per heavy atom. The Labute approximate surface area is 160 Å². The molecule has 12 nitrogen and oxygen atoms in total. The van der Waals surface area contributed by atoms with Crippen molar-refractivity contribution in [2.45, 2.75) is 24.0 Å². The Morgan fingerprint density at radius 1 is 1.36 bits per heavy atom. The van der Waals surface area contributed by atoms with Gasteiger partial charge in [-0.1, -0.05) is 0 Å². The summed E-state index contributed by atoms with van der Waals surface area (Å²) in [6.45, 7) is 3.52. The van der Waals surface area contributed by atoms with Crippen molar-refractivity contribution in [1.82, 2.24) is 24.4 Å². The number of hydrogen-bond acceptors (Lipinski definition) is 10. The summed E-state index contributed by atoms with van der Waals surface area (Å²) in [6.07, 6.45) is 1.01. The van der Waals surface area contributed by atoms with Gasteiger partial charge in [-0.3, -0.25) is 9.47 Å². The first-order valence-corrected chi connectivity index (χ1v) is 10.1. The van der Waals surface area contributed by atoms with Gasteiger partial charge in [0.15, 0.2) is 23.8 Å². The largest absolute Gasteiger partial charge is 0.695 e. The number of aromatic nitrogens is 4. The number of fused-ring (bicyclic) bond motifs is 3. The molecule has 5 atom stereocenters. The molecule has 3 N–H and O–H groups in total. The highest BCUT2D eigenvalue weighted by molar-refractivity contribution is 7.32. The number of nitrogens with zero attached hydrogens (tertiary/aromatic N) is 5. The molecule has 2 aromatic heterocycles. The molecular formula is C15H20N6O6P+. The van der Waals surface area contributed by atoms with E-state index in [4.69, 9.17) is 24.5 Å². The van der Waals surface area contributed by atoms with Crippen molar-refractivity contribution in [1.29, 1.82) is 0 Å². The second-order valence-electron chi connectivity index (χ2n) is 7.08. The quantitative estimate of drug-likeness (QED) is 0.610. The van der Waals surface area contributed by atoms with Gasteiger partial charge in [0.1, 0.15) is 23.5 Å². The lowest BCUT2D eigenvalue weighted by Gasteiger charge is -2.36. The van der Waals surface area contributed by atoms with Gasteiger partial charge in [-0.25, -0.2) is 15.0 Å². The first-order chi connectivity index (χ1) is 13.6. The van der Waals surface area contributed by atoms with E-state index in [0.717, 1.165) is 13.1 Å². The van der Waals surface area contributed by atoms with Gasteiger partial charge in [0.2, 0.25) is 0 Å². The minimum Gasteiger partial charge on any atom is -0.382 e. The average molecular weight is 411 g/mol. The van der Waals surface area contributed by atoms with Crippen LogP contribution in [0.4, 0.5) is 5.82 Å². The van der Waals surface area contributed by atoms with Crippen molar-refractivity contribution < 1.29 is 28.2 Å². The highest BCUT2D eigenvalue weighted by Crippen LogP contribution is 2.49. The second-order valence-corrected chi connectivity index (χ2v) is 7.77. The maximum atomic E-state index is 11.5. The van der Waals surface area contributed by atoms with E-state index in [1.54, 1.807) is 10.9 Å². The average Bonchev–Trinajstić information content (AvgIpc) is 3.33. The number of ether oxygens (including phenoxy) is 3. The van der Waals surface area contributed by atoms with Crippen LogP contribution in [-0.4, -0.2) is 86.6 Å². The molecule has 3 unspecified atom stereocenters. The molecule has 3 saturated heterocycles. The normalized spacial score (nSPS) is 33.6. The Bertz CT molecular complexity index is 906. The number of imidazole rings is 1. The summed E-state index contributed by atoms with van der Waals surface area (Å²) in [6, 6.07) is 0. The van der Waals surface area contributed by atoms with E-state index < -0.39 is 32.3 Å². The van der Waals surface area contributed by atoms with Gasteiger partial charge < -0.3 is 19.9 Å². The van der Waals surface area contributed by atoms with Crippen LogP contribution in [0.3, 0.4) is 0 Å². The molecule has 3 aliphatic heterocycles. The third-order valence-electron chi connectivity index (χ3n) is 5.43. The first-order valence-electron chi connectivity index (χ1n) is 8.93. The van der Waals surface area contributed by atoms with E-state index in [0.29, 0.717) is 30.9 Å². The van der Waals surface area contributed by atoms with Crippen molar-refractivity contribution in [3.05, 3.63) is 12.7 Å². The minimum atomic E-state index is -2.82. The lowest BCUT2D eigenvalue weighted by molar-refractivity contribution is -0.181. The molecule has 28 heavy (non-hydrogen) atoms. The van der Waals surface area contributed by atoms with Crippen LogP contribution < -0.4 is 5.73 Å². The summed E-state index contributed by atoms with van der Waals surface area (Å²) >= 11 is 0. The highest BCUT2D eigenvalue weighted by atomic mass is 31.1. The lowest BCUT2D eigenvalue weighted by Crippen LogP contribution is -2.53. The third kappa shape index (κ3) is 2.89. The SMILES string of the molecule is Nc1ncnc2c1ncn2[C@@H]1O[C@@]2(CN3CCOCC3)COC1C2O[P+](=O)O. The van der Waals surface area contributed by atoms with Crippen LogP contribution in [0.1, 0.15) is 6.23 Å². The summed E-state index contributed by atoms with van der Waals surface area (Å²) in [4.78, 5) is 24.1. The molecule has 150 valence electrons. The summed E-state index contributed by atoms with van der Waals surface area (Å²) in [7, 11) is -2.82. The van der Waals surface area contributed by atoms with Crippen LogP contribution in [0.5, 0.6) is 0 Å². The molecule has 3 fully saturated rings. The number of anilines is 1. The van der Waals surface area contributed by atoms with Crippen molar-refractivity contribution >= 4 is 25.2 Å². The molecular weight excluding hydrogens is 391 g/mol. The minimum absolute atomic E-state index is 0.266. The van der Waals surface area contributed by atoms with Gasteiger partial charge in [0.25, 0.3) is 0 Å². The second kappa shape index (κ2) is 6.92. The van der Waals surface area contributed by atoms with Crippen LogP contribution in [0.2, 0.25) is 0 Å². The third-order valence-corrected chi connectivity index (χ3v) is 5.84. The maximum Gasteiger partial charge on any atom is 0.695 e. The molecule has 0 aromatic carbocycles. The monoisotopic (exact) mass is 411 g/mol. The van der Waals surface area contributed by atoms with Gasteiger partial charge in [-0.15, -0.1) is 9.42 Å². The van der Waals surface area contributed by atoms with E-state index in [-0.39, 0.29) is 12.4 Å². The molecule has 5 rings (SSSR count). The summed E-state index contributed by atoms with van der Waals surface area (Å²) in [5.41, 5.74) is 5.96. The summed E-state index contributed by atoms with van der Waals surface area (Å²) in [5, 5.41) is 0. The van der Waals surface area contributed by atoms with Crippen molar-refractivity contribution in [3.63, 3.8) is 0 Å². The molecule has 0 spiro atoms. The zero-order chi connectivity index (χ0) is 19.3. The van der Waals surface area contributed by atoms with Gasteiger partial charge in [0, 0.05) is 24.2 Å². The molecule has 5 heterocycles. The summed E-state index contributed by atoms with van der Waals surface area (Å²) in [5.74, 6) is 0.266. The number of rotatable bonds is 5. The Balaban J connectivity index is 1.49. The predicted octanol–water partition coefficient (Wildman–Crippen LogP) is -0.558. The van der Waals surface area contributed by atoms with Gasteiger partial charge in [-0.05, 0) is 0 Å². The van der Waals surface area contributed by atoms with E-state index in [1.165, 1.54) is 6.33 Å². The number of nitrogens with two attached hydrogens (primary N) is 1. The van der Waals surface area contributed by atoms with E-state index in [2.05, 4.69) is 19.9 Å². The molecule has 0 amide bonds. The van der Waals surface area contributed by atoms with Crippen molar-refractivity contribution in [2.75, 3.05) is 45.2 Å². The van der Waals surface area contributed by atoms with Gasteiger partial charge in [0.05, 0.1) is 26.1 Å². The molecule has 0 aliphatic carbocycles. The Hall–Kier alpha value is -1.79. The predicted molar refractivity (Wildman–Crippen MR) is 94.3 cm³/mol.